The van der Waals surface area contributed by atoms with Crippen molar-refractivity contribution in [3.63, 3.8) is 0 Å². The molecule has 2 heteroatoms. The fourth-order valence-corrected chi connectivity index (χ4v) is 3.94. The number of rotatable bonds is 3. The number of nitrogens with zero attached hydrogens (tertiary/aromatic N) is 2. The Bertz CT molecular complexity index is 284. The second kappa shape index (κ2) is 5.73. The lowest BCUT2D eigenvalue weighted by Gasteiger charge is -2.42. The van der Waals surface area contributed by atoms with E-state index in [0.717, 1.165) is 5.92 Å². The zero-order valence-electron chi connectivity index (χ0n) is 13.8. The fraction of sp³-hybridized carbons (Fsp3) is 1.00. The van der Waals surface area contributed by atoms with Crippen molar-refractivity contribution >= 4 is 0 Å². The standard InChI is InChI=1S/C17H34N2/c1-16(2,3)19-12-9-15(14-19)13-17(4,5)18-10-7-6-8-11-18/h15H,6-14H2,1-5H3. The van der Waals surface area contributed by atoms with Gasteiger partial charge < -0.3 is 0 Å². The van der Waals surface area contributed by atoms with Gasteiger partial charge in [-0.05, 0) is 85.9 Å². The third-order valence-corrected chi connectivity index (χ3v) is 5.23. The molecule has 1 unspecified atom stereocenters. The highest BCUT2D eigenvalue weighted by atomic mass is 15.2. The molecule has 2 heterocycles. The van der Waals surface area contributed by atoms with E-state index in [9.17, 15) is 0 Å². The van der Waals surface area contributed by atoms with E-state index in [1.54, 1.807) is 0 Å². The van der Waals surface area contributed by atoms with Crippen LogP contribution in [0.3, 0.4) is 0 Å². The minimum Gasteiger partial charge on any atom is -0.298 e. The summed E-state index contributed by atoms with van der Waals surface area (Å²) in [6.45, 7) is 17.2. The van der Waals surface area contributed by atoms with Crippen LogP contribution in [0.4, 0.5) is 0 Å². The number of likely N-dealkylation sites (tertiary alicyclic amines) is 2. The van der Waals surface area contributed by atoms with Crippen LogP contribution in [0.5, 0.6) is 0 Å². The van der Waals surface area contributed by atoms with Gasteiger partial charge in [0.05, 0.1) is 0 Å². The summed E-state index contributed by atoms with van der Waals surface area (Å²) in [5, 5.41) is 0. The monoisotopic (exact) mass is 266 g/mol. The van der Waals surface area contributed by atoms with E-state index in [1.807, 2.05) is 0 Å². The second-order valence-corrected chi connectivity index (χ2v) is 8.34. The van der Waals surface area contributed by atoms with E-state index in [-0.39, 0.29) is 0 Å². The molecule has 0 aliphatic carbocycles. The molecule has 2 aliphatic rings. The van der Waals surface area contributed by atoms with Crippen molar-refractivity contribution in [1.29, 1.82) is 0 Å². The van der Waals surface area contributed by atoms with Gasteiger partial charge in [-0.25, -0.2) is 0 Å². The molecular formula is C17H34N2. The molecule has 0 radical (unpaired) electrons. The first kappa shape index (κ1) is 15.3. The van der Waals surface area contributed by atoms with Crippen molar-refractivity contribution in [2.75, 3.05) is 26.2 Å². The van der Waals surface area contributed by atoms with Crippen molar-refractivity contribution in [1.82, 2.24) is 9.80 Å². The van der Waals surface area contributed by atoms with E-state index in [1.165, 1.54) is 58.3 Å². The van der Waals surface area contributed by atoms with Gasteiger partial charge in [-0.1, -0.05) is 6.42 Å². The zero-order chi connectivity index (χ0) is 14.1. The van der Waals surface area contributed by atoms with Gasteiger partial charge >= 0.3 is 0 Å². The van der Waals surface area contributed by atoms with E-state index >= 15 is 0 Å². The van der Waals surface area contributed by atoms with Gasteiger partial charge in [-0.3, -0.25) is 9.80 Å². The molecule has 0 bridgehead atoms. The Morgan fingerprint density at radius 2 is 1.47 bits per heavy atom. The molecular weight excluding hydrogens is 232 g/mol. The zero-order valence-corrected chi connectivity index (χ0v) is 13.8. The quantitative estimate of drug-likeness (QED) is 0.767. The van der Waals surface area contributed by atoms with Gasteiger partial charge in [0.2, 0.25) is 0 Å². The summed E-state index contributed by atoms with van der Waals surface area (Å²) in [6.07, 6.45) is 7.02. The first-order valence-electron chi connectivity index (χ1n) is 8.29. The molecule has 19 heavy (non-hydrogen) atoms. The molecule has 0 spiro atoms. The first-order valence-corrected chi connectivity index (χ1v) is 8.29. The molecule has 0 N–H and O–H groups in total. The second-order valence-electron chi connectivity index (χ2n) is 8.34. The molecule has 0 aromatic carbocycles. The van der Waals surface area contributed by atoms with E-state index in [0.29, 0.717) is 11.1 Å². The summed E-state index contributed by atoms with van der Waals surface area (Å²) in [4.78, 5) is 5.42. The van der Waals surface area contributed by atoms with Crippen LogP contribution in [-0.4, -0.2) is 47.1 Å². The lowest BCUT2D eigenvalue weighted by molar-refractivity contribution is 0.0711. The summed E-state index contributed by atoms with van der Waals surface area (Å²) in [5.41, 5.74) is 0.753. The van der Waals surface area contributed by atoms with Gasteiger partial charge in [-0.15, -0.1) is 0 Å². The Morgan fingerprint density at radius 3 is 2.00 bits per heavy atom. The Hall–Kier alpha value is -0.0800. The van der Waals surface area contributed by atoms with Crippen LogP contribution in [0.25, 0.3) is 0 Å². The maximum atomic E-state index is 2.75. The van der Waals surface area contributed by atoms with Crippen molar-refractivity contribution in [2.24, 2.45) is 5.92 Å². The summed E-state index contributed by atoms with van der Waals surface area (Å²) in [5.74, 6) is 0.899. The molecule has 1 atom stereocenters. The lowest BCUT2D eigenvalue weighted by Crippen LogP contribution is -2.48. The van der Waals surface area contributed by atoms with Gasteiger partial charge in [0.1, 0.15) is 0 Å². The highest BCUT2D eigenvalue weighted by Gasteiger charge is 2.36. The average molecular weight is 266 g/mol. The average Bonchev–Trinajstić information content (AvgIpc) is 2.78. The Labute approximate surface area is 120 Å². The molecule has 2 saturated heterocycles. The largest absolute Gasteiger partial charge is 0.298 e. The summed E-state index contributed by atoms with van der Waals surface area (Å²) in [6, 6.07) is 0. The maximum absolute atomic E-state index is 2.75. The smallest absolute Gasteiger partial charge is 0.0156 e. The third-order valence-electron chi connectivity index (χ3n) is 5.23. The number of hydrogen-bond acceptors (Lipinski definition) is 2. The van der Waals surface area contributed by atoms with Crippen LogP contribution in [0.1, 0.15) is 66.7 Å². The summed E-state index contributed by atoms with van der Waals surface area (Å²) in [7, 11) is 0. The minimum absolute atomic E-state index is 0.351. The van der Waals surface area contributed by atoms with Crippen molar-refractivity contribution in [2.45, 2.75) is 77.8 Å². The van der Waals surface area contributed by atoms with Gasteiger partial charge in [0.15, 0.2) is 0 Å². The predicted octanol–water partition coefficient (Wildman–Crippen LogP) is 3.76. The van der Waals surface area contributed by atoms with Crippen LogP contribution in [0.15, 0.2) is 0 Å². The first-order chi connectivity index (χ1) is 8.79. The Kier molecular flexibility index (Phi) is 4.62. The third kappa shape index (κ3) is 3.95. The Morgan fingerprint density at radius 1 is 0.842 bits per heavy atom. The van der Waals surface area contributed by atoms with Crippen LogP contribution < -0.4 is 0 Å². The van der Waals surface area contributed by atoms with Crippen LogP contribution in [-0.2, 0) is 0 Å². The molecule has 2 aliphatic heterocycles. The minimum atomic E-state index is 0.351. The molecule has 2 fully saturated rings. The summed E-state index contributed by atoms with van der Waals surface area (Å²) < 4.78 is 0. The highest BCUT2D eigenvalue weighted by molar-refractivity contribution is 4.91. The molecule has 2 nitrogen and oxygen atoms in total. The summed E-state index contributed by atoms with van der Waals surface area (Å²) >= 11 is 0. The molecule has 2 rings (SSSR count). The van der Waals surface area contributed by atoms with Crippen molar-refractivity contribution in [3.05, 3.63) is 0 Å². The fourth-order valence-electron chi connectivity index (χ4n) is 3.94. The van der Waals surface area contributed by atoms with Crippen LogP contribution in [0, 0.1) is 5.92 Å². The van der Waals surface area contributed by atoms with E-state index in [4.69, 9.17) is 0 Å². The van der Waals surface area contributed by atoms with Crippen LogP contribution in [0.2, 0.25) is 0 Å². The van der Waals surface area contributed by atoms with Crippen molar-refractivity contribution in [3.8, 4) is 0 Å². The number of piperidine rings is 1. The van der Waals surface area contributed by atoms with Crippen LogP contribution >= 0.6 is 0 Å². The van der Waals surface area contributed by atoms with E-state index in [2.05, 4.69) is 44.4 Å². The Balaban J connectivity index is 1.87. The van der Waals surface area contributed by atoms with Gasteiger partial charge in [-0.2, -0.15) is 0 Å². The van der Waals surface area contributed by atoms with Gasteiger partial charge in [0, 0.05) is 17.6 Å². The normalized spacial score (nSPS) is 27.9. The SMILES string of the molecule is CC(C)(C)N1CCC(CC(C)(C)N2CCCCC2)C1. The maximum Gasteiger partial charge on any atom is 0.0156 e. The number of hydrogen-bond donors (Lipinski definition) is 0. The topological polar surface area (TPSA) is 6.48 Å². The van der Waals surface area contributed by atoms with E-state index < -0.39 is 0 Å². The molecule has 112 valence electrons. The molecule has 0 aromatic rings. The van der Waals surface area contributed by atoms with Crippen molar-refractivity contribution < 1.29 is 0 Å². The lowest BCUT2D eigenvalue weighted by atomic mass is 9.87. The predicted molar refractivity (Wildman–Crippen MR) is 83.6 cm³/mol. The molecule has 0 saturated carbocycles. The highest BCUT2D eigenvalue weighted by Crippen LogP contribution is 2.33. The molecule has 0 amide bonds. The van der Waals surface area contributed by atoms with Gasteiger partial charge in [0.25, 0.3) is 0 Å². The molecule has 0 aromatic heterocycles.